The lowest BCUT2D eigenvalue weighted by atomic mass is 10.0. The van der Waals surface area contributed by atoms with Crippen LogP contribution >= 0.6 is 0 Å². The number of benzene rings is 3. The van der Waals surface area contributed by atoms with Gasteiger partial charge in [-0.3, -0.25) is 19.4 Å². The number of fused-ring (bicyclic) bond motifs is 1. The van der Waals surface area contributed by atoms with Crippen molar-refractivity contribution >= 4 is 17.6 Å². The Bertz CT molecular complexity index is 1430. The van der Waals surface area contributed by atoms with E-state index in [0.29, 0.717) is 48.8 Å². The summed E-state index contributed by atoms with van der Waals surface area (Å²) in [6.45, 7) is 4.11. The molecule has 0 bridgehead atoms. The highest BCUT2D eigenvalue weighted by atomic mass is 19.4. The Morgan fingerprint density at radius 3 is 1.98 bits per heavy atom. The molecule has 8 nitrogen and oxygen atoms in total. The molecule has 3 aromatic carbocycles. The van der Waals surface area contributed by atoms with Gasteiger partial charge in [0, 0.05) is 31.7 Å². The fourth-order valence-corrected chi connectivity index (χ4v) is 5.25. The fourth-order valence-electron chi connectivity index (χ4n) is 5.25. The van der Waals surface area contributed by atoms with Gasteiger partial charge < -0.3 is 14.5 Å². The molecule has 0 spiro atoms. The van der Waals surface area contributed by atoms with E-state index in [1.807, 2.05) is 29.2 Å². The molecule has 1 unspecified atom stereocenters. The first-order valence-corrected chi connectivity index (χ1v) is 13.3. The van der Waals surface area contributed by atoms with E-state index in [2.05, 4.69) is 10.1 Å². The number of morpholine rings is 1. The number of amides is 2. The van der Waals surface area contributed by atoms with Crippen molar-refractivity contribution in [3.8, 4) is 11.1 Å². The molecule has 0 aliphatic carbocycles. The van der Waals surface area contributed by atoms with Crippen molar-refractivity contribution < 1.29 is 32.3 Å². The quantitative estimate of drug-likeness (QED) is 0.389. The summed E-state index contributed by atoms with van der Waals surface area (Å²) in [6.07, 6.45) is -4.99. The highest BCUT2D eigenvalue weighted by molar-refractivity contribution is 6.22. The zero-order chi connectivity index (χ0) is 28.6. The first kappa shape index (κ1) is 27.0. The van der Waals surface area contributed by atoms with Gasteiger partial charge in [0.1, 0.15) is 0 Å². The number of carbonyl (C=O) groups is 2. The van der Waals surface area contributed by atoms with Crippen molar-refractivity contribution in [3.63, 3.8) is 0 Å². The van der Waals surface area contributed by atoms with Crippen molar-refractivity contribution in [2.75, 3.05) is 45.9 Å². The molecule has 3 aromatic rings. The zero-order valence-electron chi connectivity index (χ0n) is 22.0. The predicted octanol–water partition coefficient (Wildman–Crippen LogP) is 4.65. The minimum atomic E-state index is -4.39. The van der Waals surface area contributed by atoms with Crippen LogP contribution in [0.4, 0.5) is 13.2 Å². The van der Waals surface area contributed by atoms with Crippen LogP contribution in [-0.4, -0.2) is 78.3 Å². The Balaban J connectivity index is 1.21. The molecular weight excluding hydrogens is 537 g/mol. The summed E-state index contributed by atoms with van der Waals surface area (Å²) in [5.74, 6) is -0.277. The topological polar surface area (TPSA) is 74.7 Å². The summed E-state index contributed by atoms with van der Waals surface area (Å²) in [4.78, 5) is 37.3. The van der Waals surface area contributed by atoms with Crippen LogP contribution in [0.5, 0.6) is 0 Å². The molecule has 2 amide bonds. The molecule has 0 aromatic heterocycles. The van der Waals surface area contributed by atoms with Crippen LogP contribution < -0.4 is 0 Å². The van der Waals surface area contributed by atoms with Gasteiger partial charge in [-0.25, -0.2) is 0 Å². The number of halogens is 3. The van der Waals surface area contributed by atoms with E-state index in [-0.39, 0.29) is 18.4 Å². The lowest BCUT2D eigenvalue weighted by Crippen LogP contribution is -2.46. The van der Waals surface area contributed by atoms with E-state index >= 15 is 0 Å². The number of amidine groups is 1. The minimum absolute atomic E-state index is 0.0321. The van der Waals surface area contributed by atoms with Crippen molar-refractivity contribution in [1.82, 2.24) is 14.7 Å². The average Bonchev–Trinajstić information content (AvgIpc) is 3.50. The Morgan fingerprint density at radius 1 is 0.805 bits per heavy atom. The predicted molar refractivity (Wildman–Crippen MR) is 144 cm³/mol. The molecule has 3 aliphatic heterocycles. The maximum atomic E-state index is 13.0. The number of nitrogens with zero attached hydrogens (tertiary/aromatic N) is 4. The van der Waals surface area contributed by atoms with E-state index in [1.165, 1.54) is 17.0 Å². The van der Waals surface area contributed by atoms with Gasteiger partial charge in [-0.2, -0.15) is 13.2 Å². The Kier molecular flexibility index (Phi) is 7.22. The maximum absolute atomic E-state index is 13.0. The van der Waals surface area contributed by atoms with Crippen LogP contribution in [0.25, 0.3) is 11.1 Å². The number of hydrogen-bond donors (Lipinski definition) is 0. The third kappa shape index (κ3) is 5.42. The van der Waals surface area contributed by atoms with Gasteiger partial charge in [0.05, 0.1) is 36.4 Å². The van der Waals surface area contributed by atoms with Gasteiger partial charge >= 0.3 is 6.18 Å². The number of ether oxygens (including phenoxy) is 1. The molecule has 0 N–H and O–H groups in total. The highest BCUT2D eigenvalue weighted by Crippen LogP contribution is 2.33. The van der Waals surface area contributed by atoms with Gasteiger partial charge in [-0.05, 0) is 35.4 Å². The normalized spacial score (nSPS) is 19.4. The van der Waals surface area contributed by atoms with Gasteiger partial charge in [-0.15, -0.1) is 0 Å². The van der Waals surface area contributed by atoms with E-state index in [1.54, 1.807) is 24.3 Å². The summed E-state index contributed by atoms with van der Waals surface area (Å²) < 4.78 is 44.3. The maximum Gasteiger partial charge on any atom is 0.416 e. The molecule has 3 aliphatic rings. The molecular formula is C30H27F3N4O4. The number of rotatable bonds is 7. The Hall–Kier alpha value is -4.22. The standard InChI is InChI=1S/C30H27F3N4O4/c31-30(32,33)23-11-9-21(10-12-23)20-5-7-22(8-6-20)29-36(14-13-35-15-17-40-18-16-35)26(34-41-29)19-37-27(38)24-3-1-2-4-25(24)28(37)39/h1-12,29H,13-19H2. The second-order valence-electron chi connectivity index (χ2n) is 10.1. The van der Waals surface area contributed by atoms with Crippen molar-refractivity contribution in [1.29, 1.82) is 0 Å². The first-order chi connectivity index (χ1) is 19.8. The molecule has 1 atom stereocenters. The molecule has 3 heterocycles. The van der Waals surface area contributed by atoms with E-state index < -0.39 is 18.0 Å². The van der Waals surface area contributed by atoms with E-state index in [4.69, 9.17) is 9.57 Å². The summed E-state index contributed by atoms with van der Waals surface area (Å²) in [7, 11) is 0. The Labute approximate surface area is 234 Å². The zero-order valence-corrected chi connectivity index (χ0v) is 22.0. The number of imide groups is 1. The summed E-state index contributed by atoms with van der Waals surface area (Å²) >= 11 is 0. The summed E-state index contributed by atoms with van der Waals surface area (Å²) in [5.41, 5.74) is 2.23. The highest BCUT2D eigenvalue weighted by Gasteiger charge is 2.40. The first-order valence-electron chi connectivity index (χ1n) is 13.3. The SMILES string of the molecule is O=C1c2ccccc2C(=O)N1CC1=NOC(c2ccc(-c3ccc(C(F)(F)F)cc3)cc2)N1CCN1CCOCC1. The van der Waals surface area contributed by atoms with Crippen molar-refractivity contribution in [3.05, 3.63) is 95.1 Å². The van der Waals surface area contributed by atoms with Crippen LogP contribution in [0.1, 0.15) is 38.1 Å². The molecule has 1 fully saturated rings. The number of oxime groups is 1. The second-order valence-corrected chi connectivity index (χ2v) is 10.1. The van der Waals surface area contributed by atoms with Crippen LogP contribution in [0.3, 0.4) is 0 Å². The smallest absolute Gasteiger partial charge is 0.379 e. The van der Waals surface area contributed by atoms with Crippen molar-refractivity contribution in [2.24, 2.45) is 5.16 Å². The third-order valence-electron chi connectivity index (χ3n) is 7.55. The molecule has 0 saturated carbocycles. The molecule has 6 rings (SSSR count). The van der Waals surface area contributed by atoms with E-state index in [9.17, 15) is 22.8 Å². The van der Waals surface area contributed by atoms with E-state index in [0.717, 1.165) is 36.3 Å². The van der Waals surface area contributed by atoms with Gasteiger partial charge in [0.2, 0.25) is 6.23 Å². The van der Waals surface area contributed by atoms with Gasteiger partial charge in [0.25, 0.3) is 11.8 Å². The summed E-state index contributed by atoms with van der Waals surface area (Å²) in [5, 5.41) is 4.29. The van der Waals surface area contributed by atoms with Crippen LogP contribution in [0.2, 0.25) is 0 Å². The van der Waals surface area contributed by atoms with Gasteiger partial charge in [-0.1, -0.05) is 53.7 Å². The molecule has 212 valence electrons. The van der Waals surface area contributed by atoms with Crippen LogP contribution in [-0.2, 0) is 15.8 Å². The molecule has 41 heavy (non-hydrogen) atoms. The number of hydrogen-bond acceptors (Lipinski definition) is 7. The average molecular weight is 565 g/mol. The fraction of sp³-hybridized carbons (Fsp3) is 0.300. The number of carbonyl (C=O) groups excluding carboxylic acids is 2. The third-order valence-corrected chi connectivity index (χ3v) is 7.55. The number of alkyl halides is 3. The second kappa shape index (κ2) is 11.0. The lowest BCUT2D eigenvalue weighted by molar-refractivity contribution is -0.137. The van der Waals surface area contributed by atoms with Crippen LogP contribution in [0, 0.1) is 0 Å². The summed E-state index contributed by atoms with van der Waals surface area (Å²) in [6, 6.07) is 19.1. The molecule has 1 saturated heterocycles. The molecule has 11 heteroatoms. The molecule has 0 radical (unpaired) electrons. The Morgan fingerprint density at radius 2 is 1.39 bits per heavy atom. The monoisotopic (exact) mass is 564 g/mol. The van der Waals surface area contributed by atoms with Crippen molar-refractivity contribution in [2.45, 2.75) is 12.4 Å². The largest absolute Gasteiger partial charge is 0.416 e. The van der Waals surface area contributed by atoms with Crippen LogP contribution in [0.15, 0.2) is 78.0 Å². The van der Waals surface area contributed by atoms with Gasteiger partial charge in [0.15, 0.2) is 5.84 Å². The minimum Gasteiger partial charge on any atom is -0.379 e. The lowest BCUT2D eigenvalue weighted by Gasteiger charge is -2.31.